The topological polar surface area (TPSA) is 31.1 Å². The van der Waals surface area contributed by atoms with Gasteiger partial charge in [0.2, 0.25) is 0 Å². The Kier molecular flexibility index (Phi) is 2.82. The second-order valence-corrected chi connectivity index (χ2v) is 5.96. The first-order valence-electron chi connectivity index (χ1n) is 7.42. The molecule has 1 aromatic heterocycles. The van der Waals surface area contributed by atoms with Crippen molar-refractivity contribution in [3.8, 4) is 0 Å². The SMILES string of the molecule is c1ccc2c(CC3CN4CCCC4CN3)c[nH]c2c1. The first-order valence-corrected chi connectivity index (χ1v) is 7.42. The molecule has 0 saturated carbocycles. The molecular weight excluding hydrogens is 234 g/mol. The molecule has 0 aliphatic carbocycles. The lowest BCUT2D eigenvalue weighted by Crippen LogP contribution is -2.54. The van der Waals surface area contributed by atoms with Gasteiger partial charge in [0, 0.05) is 42.3 Å². The average molecular weight is 255 g/mol. The zero-order valence-electron chi connectivity index (χ0n) is 11.2. The molecule has 3 heterocycles. The molecule has 4 rings (SSSR count). The van der Waals surface area contributed by atoms with Crippen molar-refractivity contribution < 1.29 is 0 Å². The molecule has 2 atom stereocenters. The summed E-state index contributed by atoms with van der Waals surface area (Å²) in [6.07, 6.45) is 6.08. The molecule has 0 bridgehead atoms. The van der Waals surface area contributed by atoms with E-state index in [1.165, 1.54) is 48.9 Å². The minimum atomic E-state index is 0.605. The summed E-state index contributed by atoms with van der Waals surface area (Å²) < 4.78 is 0. The van der Waals surface area contributed by atoms with Crippen LogP contribution in [0, 0.1) is 0 Å². The van der Waals surface area contributed by atoms with Crippen molar-refractivity contribution in [1.29, 1.82) is 0 Å². The molecule has 2 aliphatic rings. The molecule has 0 radical (unpaired) electrons. The Balaban J connectivity index is 1.52. The first kappa shape index (κ1) is 11.5. The highest BCUT2D eigenvalue weighted by molar-refractivity contribution is 5.83. The number of piperazine rings is 1. The van der Waals surface area contributed by atoms with Gasteiger partial charge >= 0.3 is 0 Å². The molecule has 2 aromatic rings. The Morgan fingerprint density at radius 1 is 1.26 bits per heavy atom. The van der Waals surface area contributed by atoms with E-state index in [9.17, 15) is 0 Å². The Morgan fingerprint density at radius 3 is 3.21 bits per heavy atom. The van der Waals surface area contributed by atoms with E-state index in [0.717, 1.165) is 12.5 Å². The van der Waals surface area contributed by atoms with Gasteiger partial charge in [-0.1, -0.05) is 18.2 Å². The number of aromatic amines is 1. The molecule has 19 heavy (non-hydrogen) atoms. The normalized spacial score (nSPS) is 27.8. The van der Waals surface area contributed by atoms with Crippen LogP contribution in [-0.2, 0) is 6.42 Å². The van der Waals surface area contributed by atoms with Crippen molar-refractivity contribution in [3.05, 3.63) is 36.0 Å². The molecule has 2 fully saturated rings. The van der Waals surface area contributed by atoms with Crippen LogP contribution in [0.15, 0.2) is 30.5 Å². The summed E-state index contributed by atoms with van der Waals surface area (Å²) >= 11 is 0. The molecule has 100 valence electrons. The number of aromatic nitrogens is 1. The molecule has 0 amide bonds. The highest BCUT2D eigenvalue weighted by atomic mass is 15.2. The maximum atomic E-state index is 3.74. The van der Waals surface area contributed by atoms with Gasteiger partial charge in [-0.05, 0) is 37.4 Å². The molecule has 0 spiro atoms. The minimum absolute atomic E-state index is 0.605. The zero-order chi connectivity index (χ0) is 12.7. The summed E-state index contributed by atoms with van der Waals surface area (Å²) in [6.45, 7) is 3.69. The molecule has 2 unspecified atom stereocenters. The molecule has 2 aliphatic heterocycles. The van der Waals surface area contributed by atoms with Gasteiger partial charge in [-0.25, -0.2) is 0 Å². The van der Waals surface area contributed by atoms with Gasteiger partial charge in [0.15, 0.2) is 0 Å². The van der Waals surface area contributed by atoms with Crippen molar-refractivity contribution in [3.63, 3.8) is 0 Å². The molecular formula is C16H21N3. The van der Waals surface area contributed by atoms with Gasteiger partial charge in [-0.3, -0.25) is 4.90 Å². The molecule has 2 saturated heterocycles. The summed E-state index contributed by atoms with van der Waals surface area (Å²) in [5, 5.41) is 5.12. The summed E-state index contributed by atoms with van der Waals surface area (Å²) in [5.41, 5.74) is 2.71. The van der Waals surface area contributed by atoms with Gasteiger partial charge in [0.05, 0.1) is 0 Å². The quantitative estimate of drug-likeness (QED) is 0.861. The van der Waals surface area contributed by atoms with E-state index in [0.29, 0.717) is 6.04 Å². The third kappa shape index (κ3) is 2.07. The van der Waals surface area contributed by atoms with E-state index in [4.69, 9.17) is 0 Å². The second kappa shape index (κ2) is 4.66. The predicted molar refractivity (Wildman–Crippen MR) is 78.4 cm³/mol. The number of rotatable bonds is 2. The minimum Gasteiger partial charge on any atom is -0.361 e. The number of nitrogens with one attached hydrogen (secondary N) is 2. The van der Waals surface area contributed by atoms with Crippen LogP contribution in [0.3, 0.4) is 0 Å². The summed E-state index contributed by atoms with van der Waals surface area (Å²) in [5.74, 6) is 0. The Morgan fingerprint density at radius 2 is 2.21 bits per heavy atom. The number of nitrogens with zero attached hydrogens (tertiary/aromatic N) is 1. The van der Waals surface area contributed by atoms with Crippen LogP contribution in [0.25, 0.3) is 10.9 Å². The van der Waals surface area contributed by atoms with Crippen molar-refractivity contribution in [1.82, 2.24) is 15.2 Å². The van der Waals surface area contributed by atoms with Gasteiger partial charge in [-0.2, -0.15) is 0 Å². The second-order valence-electron chi connectivity index (χ2n) is 5.96. The Bertz CT molecular complexity index is 574. The number of hydrogen-bond donors (Lipinski definition) is 2. The standard InChI is InChI=1S/C16H21N3/c1-2-6-16-15(5-1)12(9-18-16)8-13-11-19-7-3-4-14(19)10-17-13/h1-2,5-6,9,13-14,17-18H,3-4,7-8,10-11H2. The van der Waals surface area contributed by atoms with Crippen molar-refractivity contribution in [2.75, 3.05) is 19.6 Å². The lowest BCUT2D eigenvalue weighted by atomic mass is 10.0. The van der Waals surface area contributed by atoms with E-state index >= 15 is 0 Å². The van der Waals surface area contributed by atoms with Crippen LogP contribution in [-0.4, -0.2) is 41.6 Å². The predicted octanol–water partition coefficient (Wildman–Crippen LogP) is 2.15. The van der Waals surface area contributed by atoms with Gasteiger partial charge < -0.3 is 10.3 Å². The maximum absolute atomic E-state index is 3.74. The molecule has 3 nitrogen and oxygen atoms in total. The van der Waals surface area contributed by atoms with Crippen molar-refractivity contribution in [2.24, 2.45) is 0 Å². The molecule has 2 N–H and O–H groups in total. The largest absolute Gasteiger partial charge is 0.361 e. The number of para-hydroxylation sites is 1. The first-order chi connectivity index (χ1) is 9.40. The van der Waals surface area contributed by atoms with E-state index in [-0.39, 0.29) is 0 Å². The van der Waals surface area contributed by atoms with Crippen molar-refractivity contribution >= 4 is 10.9 Å². The van der Waals surface area contributed by atoms with E-state index < -0.39 is 0 Å². The molecule has 3 heteroatoms. The number of benzene rings is 1. The summed E-state index contributed by atoms with van der Waals surface area (Å²) in [6, 6.07) is 10.0. The van der Waals surface area contributed by atoms with E-state index in [2.05, 4.69) is 45.7 Å². The lowest BCUT2D eigenvalue weighted by molar-refractivity contribution is 0.173. The van der Waals surface area contributed by atoms with Crippen LogP contribution in [0.4, 0.5) is 0 Å². The Hall–Kier alpha value is -1.32. The monoisotopic (exact) mass is 255 g/mol. The summed E-state index contributed by atoms with van der Waals surface area (Å²) in [4.78, 5) is 6.06. The average Bonchev–Trinajstić information content (AvgIpc) is 3.06. The zero-order valence-corrected chi connectivity index (χ0v) is 11.2. The fraction of sp³-hybridized carbons (Fsp3) is 0.500. The third-order valence-corrected chi connectivity index (χ3v) is 4.74. The van der Waals surface area contributed by atoms with Gasteiger partial charge in [0.25, 0.3) is 0 Å². The van der Waals surface area contributed by atoms with E-state index in [1.807, 2.05) is 0 Å². The highest BCUT2D eigenvalue weighted by Crippen LogP contribution is 2.23. The molecule has 1 aromatic carbocycles. The third-order valence-electron chi connectivity index (χ3n) is 4.74. The lowest BCUT2D eigenvalue weighted by Gasteiger charge is -2.36. The van der Waals surface area contributed by atoms with Gasteiger partial charge in [0.1, 0.15) is 0 Å². The van der Waals surface area contributed by atoms with Crippen LogP contribution < -0.4 is 5.32 Å². The highest BCUT2D eigenvalue weighted by Gasteiger charge is 2.31. The van der Waals surface area contributed by atoms with Crippen molar-refractivity contribution in [2.45, 2.75) is 31.3 Å². The maximum Gasteiger partial charge on any atom is 0.0456 e. The van der Waals surface area contributed by atoms with Gasteiger partial charge in [-0.15, -0.1) is 0 Å². The Labute approximate surface area is 114 Å². The van der Waals surface area contributed by atoms with E-state index in [1.54, 1.807) is 0 Å². The number of hydrogen-bond acceptors (Lipinski definition) is 2. The number of fused-ring (bicyclic) bond motifs is 2. The van der Waals surface area contributed by atoms with Crippen LogP contribution >= 0.6 is 0 Å². The fourth-order valence-electron chi connectivity index (χ4n) is 3.72. The fourth-order valence-corrected chi connectivity index (χ4v) is 3.72. The van der Waals surface area contributed by atoms with Crippen LogP contribution in [0.2, 0.25) is 0 Å². The van der Waals surface area contributed by atoms with Crippen LogP contribution in [0.5, 0.6) is 0 Å². The number of H-pyrrole nitrogens is 1. The summed E-state index contributed by atoms with van der Waals surface area (Å²) in [7, 11) is 0. The van der Waals surface area contributed by atoms with Crippen LogP contribution in [0.1, 0.15) is 18.4 Å². The smallest absolute Gasteiger partial charge is 0.0456 e.